The zero-order valence-corrected chi connectivity index (χ0v) is 13.1. The minimum atomic E-state index is 0.899. The first-order valence-corrected chi connectivity index (χ1v) is 7.73. The maximum absolute atomic E-state index is 3.91. The average molecular weight is 285 g/mol. The lowest BCUT2D eigenvalue weighted by atomic mass is 10.0. The molecule has 0 saturated heterocycles. The van der Waals surface area contributed by atoms with E-state index in [0.717, 1.165) is 6.42 Å². The first kappa shape index (κ1) is 13.1. The van der Waals surface area contributed by atoms with Crippen LogP contribution in [0.2, 0.25) is 0 Å². The van der Waals surface area contributed by atoms with E-state index in [2.05, 4.69) is 73.4 Å². The molecule has 4 aromatic rings. The van der Waals surface area contributed by atoms with Gasteiger partial charge in [-0.25, -0.2) is 0 Å². The second-order valence-corrected chi connectivity index (χ2v) is 6.03. The molecule has 0 saturated carbocycles. The van der Waals surface area contributed by atoms with E-state index in [-0.39, 0.29) is 0 Å². The summed E-state index contributed by atoms with van der Waals surface area (Å²) < 4.78 is 2.39. The quantitative estimate of drug-likeness (QED) is 0.423. The van der Waals surface area contributed by atoms with Gasteiger partial charge in [0.25, 0.3) is 0 Å². The maximum Gasteiger partial charge on any atom is 0.0546 e. The van der Waals surface area contributed by atoms with Crippen molar-refractivity contribution in [3.8, 4) is 0 Å². The predicted molar refractivity (Wildman–Crippen MR) is 95.8 cm³/mol. The third-order valence-electron chi connectivity index (χ3n) is 4.58. The van der Waals surface area contributed by atoms with Gasteiger partial charge in [-0.3, -0.25) is 0 Å². The number of rotatable bonds is 2. The number of aromatic nitrogens is 1. The van der Waals surface area contributed by atoms with Gasteiger partial charge in [-0.1, -0.05) is 36.4 Å². The molecule has 0 atom stereocenters. The van der Waals surface area contributed by atoms with E-state index >= 15 is 0 Å². The Morgan fingerprint density at radius 2 is 1.82 bits per heavy atom. The Hall–Kier alpha value is -2.54. The van der Waals surface area contributed by atoms with E-state index in [1.165, 1.54) is 44.0 Å². The third kappa shape index (κ3) is 1.72. The minimum Gasteiger partial charge on any atom is -0.313 e. The smallest absolute Gasteiger partial charge is 0.0546 e. The van der Waals surface area contributed by atoms with Crippen molar-refractivity contribution in [2.24, 2.45) is 0 Å². The lowest BCUT2D eigenvalue weighted by Crippen LogP contribution is -1.94. The average Bonchev–Trinajstić information content (AvgIpc) is 2.89. The van der Waals surface area contributed by atoms with E-state index in [4.69, 9.17) is 0 Å². The Balaban J connectivity index is 2.30. The molecular formula is C21H19N. The summed E-state index contributed by atoms with van der Waals surface area (Å²) in [5.74, 6) is 0. The Morgan fingerprint density at radius 3 is 2.64 bits per heavy atom. The molecule has 1 heteroatoms. The molecule has 0 amide bonds. The number of allylic oxidation sites excluding steroid dienone is 1. The lowest BCUT2D eigenvalue weighted by Gasteiger charge is -2.10. The molecule has 0 aliphatic rings. The van der Waals surface area contributed by atoms with Crippen molar-refractivity contribution in [3.05, 3.63) is 78.0 Å². The van der Waals surface area contributed by atoms with Gasteiger partial charge in [-0.15, -0.1) is 6.58 Å². The zero-order chi connectivity index (χ0) is 15.3. The Bertz CT molecular complexity index is 1030. The molecule has 2 aromatic heterocycles. The third-order valence-corrected chi connectivity index (χ3v) is 4.58. The van der Waals surface area contributed by atoms with E-state index in [0.29, 0.717) is 0 Å². The predicted octanol–water partition coefficient (Wildman–Crippen LogP) is 5.59. The summed E-state index contributed by atoms with van der Waals surface area (Å²) in [4.78, 5) is 0. The molecule has 0 spiro atoms. The topological polar surface area (TPSA) is 4.41 Å². The van der Waals surface area contributed by atoms with Gasteiger partial charge in [0.2, 0.25) is 0 Å². The van der Waals surface area contributed by atoms with Crippen LogP contribution in [-0.2, 0) is 6.42 Å². The first-order chi connectivity index (χ1) is 10.7. The van der Waals surface area contributed by atoms with Crippen LogP contribution < -0.4 is 0 Å². The number of pyridine rings is 1. The second kappa shape index (κ2) is 4.74. The first-order valence-electron chi connectivity index (χ1n) is 7.73. The molecule has 108 valence electrons. The van der Waals surface area contributed by atoms with Crippen molar-refractivity contribution in [1.29, 1.82) is 0 Å². The van der Waals surface area contributed by atoms with Crippen molar-refractivity contribution in [2.75, 3.05) is 0 Å². The van der Waals surface area contributed by atoms with Crippen LogP contribution in [-0.4, -0.2) is 4.40 Å². The maximum atomic E-state index is 3.91. The number of benzene rings is 2. The molecule has 2 aromatic carbocycles. The zero-order valence-electron chi connectivity index (χ0n) is 13.1. The molecule has 0 fully saturated rings. The fourth-order valence-corrected chi connectivity index (χ4v) is 3.61. The van der Waals surface area contributed by atoms with Crippen molar-refractivity contribution >= 4 is 27.2 Å². The van der Waals surface area contributed by atoms with Crippen LogP contribution in [0.4, 0.5) is 0 Å². The Labute approximate surface area is 130 Å². The number of nitrogens with zero attached hydrogens (tertiary/aromatic N) is 1. The molecule has 0 unspecified atom stereocenters. The lowest BCUT2D eigenvalue weighted by molar-refractivity contribution is 1.15. The SMILES string of the molecule is C=CCc1cccc2cc(C)n3c4cccc(C)c4cc3c12. The van der Waals surface area contributed by atoms with Crippen LogP contribution in [0.1, 0.15) is 16.8 Å². The van der Waals surface area contributed by atoms with Gasteiger partial charge in [0, 0.05) is 16.5 Å². The highest BCUT2D eigenvalue weighted by molar-refractivity contribution is 6.05. The molecular weight excluding hydrogens is 266 g/mol. The van der Waals surface area contributed by atoms with Gasteiger partial charge in [0.1, 0.15) is 0 Å². The van der Waals surface area contributed by atoms with Gasteiger partial charge >= 0.3 is 0 Å². The summed E-state index contributed by atoms with van der Waals surface area (Å²) in [5, 5.41) is 4.00. The van der Waals surface area contributed by atoms with E-state index in [1.807, 2.05) is 6.08 Å². The van der Waals surface area contributed by atoms with Crippen molar-refractivity contribution < 1.29 is 0 Å². The summed E-state index contributed by atoms with van der Waals surface area (Å²) in [6, 6.07) is 17.7. The Morgan fingerprint density at radius 1 is 1.00 bits per heavy atom. The van der Waals surface area contributed by atoms with E-state index in [1.54, 1.807) is 0 Å². The van der Waals surface area contributed by atoms with Gasteiger partial charge in [-0.2, -0.15) is 0 Å². The van der Waals surface area contributed by atoms with Gasteiger partial charge in [0.15, 0.2) is 0 Å². The number of hydrogen-bond donors (Lipinski definition) is 0. The normalized spacial score (nSPS) is 11.5. The molecule has 0 radical (unpaired) electrons. The molecule has 4 rings (SSSR count). The van der Waals surface area contributed by atoms with Crippen LogP contribution in [0.5, 0.6) is 0 Å². The fraction of sp³-hybridized carbons (Fsp3) is 0.143. The molecule has 1 nitrogen and oxygen atoms in total. The van der Waals surface area contributed by atoms with Crippen LogP contribution in [0.25, 0.3) is 27.2 Å². The number of aryl methyl sites for hydroxylation is 2. The standard InChI is InChI=1S/C21H19N/c1-4-7-16-9-6-10-17-12-15(3)22-19-11-5-8-14(2)18(19)13-20(22)21(16)17/h4-6,8-13H,1,7H2,2-3H3. The summed E-state index contributed by atoms with van der Waals surface area (Å²) in [7, 11) is 0. The van der Waals surface area contributed by atoms with Crippen molar-refractivity contribution in [1.82, 2.24) is 4.40 Å². The van der Waals surface area contributed by atoms with Crippen molar-refractivity contribution in [2.45, 2.75) is 20.3 Å². The molecule has 0 bridgehead atoms. The fourth-order valence-electron chi connectivity index (χ4n) is 3.61. The van der Waals surface area contributed by atoms with Crippen LogP contribution in [0.15, 0.2) is 61.2 Å². The van der Waals surface area contributed by atoms with Crippen LogP contribution in [0, 0.1) is 13.8 Å². The van der Waals surface area contributed by atoms with Crippen molar-refractivity contribution in [3.63, 3.8) is 0 Å². The highest BCUT2D eigenvalue weighted by atomic mass is 14.9. The molecule has 2 heterocycles. The summed E-state index contributed by atoms with van der Waals surface area (Å²) in [6.07, 6.45) is 2.88. The Kier molecular flexibility index (Phi) is 2.83. The van der Waals surface area contributed by atoms with Gasteiger partial charge < -0.3 is 4.40 Å². The van der Waals surface area contributed by atoms with Gasteiger partial charge in [-0.05, 0) is 55.0 Å². The highest BCUT2D eigenvalue weighted by Gasteiger charge is 2.12. The molecule has 22 heavy (non-hydrogen) atoms. The molecule has 0 N–H and O–H groups in total. The van der Waals surface area contributed by atoms with Crippen LogP contribution >= 0.6 is 0 Å². The summed E-state index contributed by atoms with van der Waals surface area (Å²) in [5.41, 5.74) is 6.55. The monoisotopic (exact) mass is 285 g/mol. The highest BCUT2D eigenvalue weighted by Crippen LogP contribution is 2.32. The number of fused-ring (bicyclic) bond motifs is 5. The summed E-state index contributed by atoms with van der Waals surface area (Å²) in [6.45, 7) is 8.28. The second-order valence-electron chi connectivity index (χ2n) is 6.03. The minimum absolute atomic E-state index is 0.899. The summed E-state index contributed by atoms with van der Waals surface area (Å²) >= 11 is 0. The molecule has 0 aliphatic heterocycles. The van der Waals surface area contributed by atoms with Gasteiger partial charge in [0.05, 0.1) is 11.0 Å². The van der Waals surface area contributed by atoms with E-state index < -0.39 is 0 Å². The number of hydrogen-bond acceptors (Lipinski definition) is 0. The largest absolute Gasteiger partial charge is 0.313 e. The molecule has 0 aliphatic carbocycles. The van der Waals surface area contributed by atoms with E-state index in [9.17, 15) is 0 Å². The van der Waals surface area contributed by atoms with Crippen LogP contribution in [0.3, 0.4) is 0 Å².